The van der Waals surface area contributed by atoms with Gasteiger partial charge < -0.3 is 20.4 Å². The minimum atomic E-state index is 0.769. The summed E-state index contributed by atoms with van der Waals surface area (Å²) >= 11 is 0. The summed E-state index contributed by atoms with van der Waals surface area (Å²) in [6, 6.07) is 4.29. The van der Waals surface area contributed by atoms with Gasteiger partial charge in [-0.1, -0.05) is 38.5 Å². The molecule has 0 aromatic carbocycles. The standard InChI is InChI=1S/C22H38N6/c1-23-22(25-11-6-5-9-19-7-3-4-8-19)26-18-20-10-12-24-21(17-20)28-15-13-27(2)14-16-28/h10,12,17,19H,3-9,11,13-16,18H2,1-2H3,(H2,23,25,26). The van der Waals surface area contributed by atoms with E-state index in [-0.39, 0.29) is 0 Å². The normalized spacial score (nSPS) is 19.2. The van der Waals surface area contributed by atoms with Crippen LogP contribution in [-0.4, -0.2) is 62.7 Å². The van der Waals surface area contributed by atoms with Gasteiger partial charge in [-0.3, -0.25) is 4.99 Å². The molecule has 6 nitrogen and oxygen atoms in total. The molecule has 0 amide bonds. The molecule has 1 aliphatic heterocycles. The van der Waals surface area contributed by atoms with E-state index in [1.54, 1.807) is 0 Å². The number of nitrogens with one attached hydrogen (secondary N) is 2. The fourth-order valence-electron chi connectivity index (χ4n) is 4.25. The smallest absolute Gasteiger partial charge is 0.191 e. The largest absolute Gasteiger partial charge is 0.356 e. The van der Waals surface area contributed by atoms with E-state index in [4.69, 9.17) is 0 Å². The van der Waals surface area contributed by atoms with E-state index in [1.165, 1.54) is 50.5 Å². The Morgan fingerprint density at radius 3 is 2.68 bits per heavy atom. The predicted octanol–water partition coefficient (Wildman–Crippen LogP) is 2.86. The number of guanidine groups is 1. The van der Waals surface area contributed by atoms with Crippen LogP contribution in [-0.2, 0) is 6.54 Å². The summed E-state index contributed by atoms with van der Waals surface area (Å²) in [6.45, 7) is 6.05. The third-order valence-corrected chi connectivity index (χ3v) is 6.13. The molecule has 2 N–H and O–H groups in total. The molecular formula is C22H38N6. The van der Waals surface area contributed by atoms with Crippen LogP contribution in [0.4, 0.5) is 5.82 Å². The number of hydrogen-bond donors (Lipinski definition) is 2. The van der Waals surface area contributed by atoms with E-state index in [1.807, 2.05) is 13.2 Å². The first kappa shape index (κ1) is 20.9. The van der Waals surface area contributed by atoms with E-state index in [0.717, 1.165) is 57.0 Å². The van der Waals surface area contributed by atoms with E-state index in [9.17, 15) is 0 Å². The molecule has 1 aromatic rings. The van der Waals surface area contributed by atoms with Gasteiger partial charge in [-0.15, -0.1) is 0 Å². The van der Waals surface area contributed by atoms with Gasteiger partial charge in [-0.05, 0) is 37.1 Å². The molecule has 3 rings (SSSR count). The Hall–Kier alpha value is -1.82. The Bertz CT molecular complexity index is 603. The maximum atomic E-state index is 4.57. The van der Waals surface area contributed by atoms with Crippen LogP contribution in [0.3, 0.4) is 0 Å². The summed E-state index contributed by atoms with van der Waals surface area (Å²) in [7, 11) is 4.02. The van der Waals surface area contributed by atoms with Crippen LogP contribution in [0.1, 0.15) is 50.5 Å². The summed E-state index contributed by atoms with van der Waals surface area (Å²) in [5.41, 5.74) is 1.24. The Morgan fingerprint density at radius 2 is 1.93 bits per heavy atom. The van der Waals surface area contributed by atoms with E-state index in [0.29, 0.717) is 0 Å². The molecule has 1 saturated carbocycles. The van der Waals surface area contributed by atoms with Crippen LogP contribution in [0.2, 0.25) is 0 Å². The van der Waals surface area contributed by atoms with Crippen LogP contribution >= 0.6 is 0 Å². The Balaban J connectivity index is 1.36. The van der Waals surface area contributed by atoms with Crippen molar-refractivity contribution in [3.05, 3.63) is 23.9 Å². The molecule has 0 unspecified atom stereocenters. The number of anilines is 1. The first-order chi connectivity index (χ1) is 13.7. The van der Waals surface area contributed by atoms with Crippen LogP contribution in [0.15, 0.2) is 23.3 Å². The predicted molar refractivity (Wildman–Crippen MR) is 118 cm³/mol. The minimum absolute atomic E-state index is 0.769. The van der Waals surface area contributed by atoms with Crippen molar-refractivity contribution in [1.29, 1.82) is 0 Å². The summed E-state index contributed by atoms with van der Waals surface area (Å²) < 4.78 is 0. The molecular weight excluding hydrogens is 348 g/mol. The zero-order valence-electron chi connectivity index (χ0n) is 17.8. The average molecular weight is 387 g/mol. The molecule has 2 aliphatic rings. The van der Waals surface area contributed by atoms with Gasteiger partial charge in [-0.25, -0.2) is 4.98 Å². The molecule has 1 aliphatic carbocycles. The van der Waals surface area contributed by atoms with Gasteiger partial charge in [0.05, 0.1) is 0 Å². The number of unbranched alkanes of at least 4 members (excludes halogenated alkanes) is 1. The van der Waals surface area contributed by atoms with Crippen molar-refractivity contribution >= 4 is 11.8 Å². The number of piperazine rings is 1. The van der Waals surface area contributed by atoms with Gasteiger partial charge in [0.15, 0.2) is 5.96 Å². The van der Waals surface area contributed by atoms with Crippen molar-refractivity contribution in [3.8, 4) is 0 Å². The van der Waals surface area contributed by atoms with Gasteiger partial charge in [0, 0.05) is 52.5 Å². The average Bonchev–Trinajstić information content (AvgIpc) is 3.24. The van der Waals surface area contributed by atoms with Crippen molar-refractivity contribution in [1.82, 2.24) is 20.5 Å². The quantitative estimate of drug-likeness (QED) is 0.409. The monoisotopic (exact) mass is 386 g/mol. The van der Waals surface area contributed by atoms with E-state index >= 15 is 0 Å². The van der Waals surface area contributed by atoms with Gasteiger partial charge in [0.1, 0.15) is 5.82 Å². The van der Waals surface area contributed by atoms with Gasteiger partial charge >= 0.3 is 0 Å². The molecule has 1 aromatic heterocycles. The Kier molecular flexibility index (Phi) is 8.40. The zero-order chi connectivity index (χ0) is 19.6. The number of likely N-dealkylation sites (N-methyl/N-ethyl adjacent to an activating group) is 1. The van der Waals surface area contributed by atoms with E-state index < -0.39 is 0 Å². The first-order valence-corrected chi connectivity index (χ1v) is 11.1. The molecule has 2 heterocycles. The minimum Gasteiger partial charge on any atom is -0.356 e. The molecule has 0 spiro atoms. The van der Waals surface area contributed by atoms with Crippen molar-refractivity contribution in [3.63, 3.8) is 0 Å². The highest BCUT2D eigenvalue weighted by Crippen LogP contribution is 2.28. The van der Waals surface area contributed by atoms with Crippen LogP contribution in [0, 0.1) is 5.92 Å². The molecule has 28 heavy (non-hydrogen) atoms. The highest BCUT2D eigenvalue weighted by Gasteiger charge is 2.15. The fraction of sp³-hybridized carbons (Fsp3) is 0.727. The maximum Gasteiger partial charge on any atom is 0.191 e. The highest BCUT2D eigenvalue weighted by atomic mass is 15.3. The number of hydrogen-bond acceptors (Lipinski definition) is 4. The number of aliphatic imine (C=N–C) groups is 1. The third kappa shape index (κ3) is 6.66. The maximum absolute atomic E-state index is 4.57. The van der Waals surface area contributed by atoms with Crippen LogP contribution < -0.4 is 15.5 Å². The SMILES string of the molecule is CN=C(NCCCCC1CCCC1)NCc1ccnc(N2CCN(C)CC2)c1. The van der Waals surface area contributed by atoms with Crippen molar-refractivity contribution in [2.24, 2.45) is 10.9 Å². The lowest BCUT2D eigenvalue weighted by molar-refractivity contribution is 0.312. The number of nitrogens with zero attached hydrogens (tertiary/aromatic N) is 4. The van der Waals surface area contributed by atoms with Crippen LogP contribution in [0.25, 0.3) is 0 Å². The molecule has 156 valence electrons. The van der Waals surface area contributed by atoms with E-state index in [2.05, 4.69) is 49.6 Å². The van der Waals surface area contributed by atoms with Crippen molar-refractivity contribution < 1.29 is 0 Å². The lowest BCUT2D eigenvalue weighted by Crippen LogP contribution is -2.44. The lowest BCUT2D eigenvalue weighted by atomic mass is 10.0. The molecule has 1 saturated heterocycles. The lowest BCUT2D eigenvalue weighted by Gasteiger charge is -2.33. The number of pyridine rings is 1. The van der Waals surface area contributed by atoms with Gasteiger partial charge in [0.2, 0.25) is 0 Å². The topological polar surface area (TPSA) is 55.8 Å². The molecule has 0 bridgehead atoms. The Morgan fingerprint density at radius 1 is 1.14 bits per heavy atom. The molecule has 0 radical (unpaired) electrons. The van der Waals surface area contributed by atoms with Gasteiger partial charge in [0.25, 0.3) is 0 Å². The second kappa shape index (κ2) is 11.2. The summed E-state index contributed by atoms with van der Waals surface area (Å²) in [5, 5.41) is 6.89. The second-order valence-corrected chi connectivity index (χ2v) is 8.31. The highest BCUT2D eigenvalue weighted by molar-refractivity contribution is 5.79. The number of aromatic nitrogens is 1. The fourth-order valence-corrected chi connectivity index (χ4v) is 4.25. The summed E-state index contributed by atoms with van der Waals surface area (Å²) in [6.07, 6.45) is 11.7. The Labute approximate surface area is 170 Å². The molecule has 2 fully saturated rings. The summed E-state index contributed by atoms with van der Waals surface area (Å²) in [5.74, 6) is 2.97. The number of rotatable bonds is 8. The summed E-state index contributed by atoms with van der Waals surface area (Å²) in [4.78, 5) is 13.7. The van der Waals surface area contributed by atoms with Crippen molar-refractivity contribution in [2.75, 3.05) is 51.7 Å². The van der Waals surface area contributed by atoms with Crippen LogP contribution in [0.5, 0.6) is 0 Å². The third-order valence-electron chi connectivity index (χ3n) is 6.13. The second-order valence-electron chi connectivity index (χ2n) is 8.31. The zero-order valence-corrected chi connectivity index (χ0v) is 17.8. The first-order valence-electron chi connectivity index (χ1n) is 11.1. The van der Waals surface area contributed by atoms with Gasteiger partial charge in [-0.2, -0.15) is 0 Å². The van der Waals surface area contributed by atoms with Crippen molar-refractivity contribution in [2.45, 2.75) is 51.5 Å². The molecule has 6 heteroatoms. The molecule has 0 atom stereocenters.